The Morgan fingerprint density at radius 2 is 1.65 bits per heavy atom. The van der Waals surface area contributed by atoms with Gasteiger partial charge in [-0.2, -0.15) is 0 Å². The van der Waals surface area contributed by atoms with Gasteiger partial charge < -0.3 is 10.0 Å². The maximum atomic E-state index is 10.2. The van der Waals surface area contributed by atoms with Crippen LogP contribution in [0.4, 0.5) is 0 Å². The van der Waals surface area contributed by atoms with Crippen LogP contribution in [0, 0.1) is 0 Å². The van der Waals surface area contributed by atoms with E-state index in [0.717, 1.165) is 23.1 Å². The fraction of sp³-hybridized carbons (Fsp3) is 0.368. The summed E-state index contributed by atoms with van der Waals surface area (Å²) in [5.74, 6) is 0.916. The van der Waals surface area contributed by atoms with E-state index in [4.69, 9.17) is 11.6 Å². The molecule has 1 aliphatic heterocycles. The Labute approximate surface area is 152 Å². The summed E-state index contributed by atoms with van der Waals surface area (Å²) in [6.07, 6.45) is 0. The number of likely N-dealkylation sites (tertiary alicyclic amines) is 1. The molecule has 0 radical (unpaired) electrons. The van der Waals surface area contributed by atoms with Crippen LogP contribution in [0.25, 0.3) is 0 Å². The van der Waals surface area contributed by atoms with E-state index in [0.29, 0.717) is 16.7 Å². The van der Waals surface area contributed by atoms with Crippen molar-refractivity contribution < 1.29 is 5.11 Å². The molecule has 1 aliphatic rings. The third-order valence-electron chi connectivity index (χ3n) is 4.20. The summed E-state index contributed by atoms with van der Waals surface area (Å²) in [5.41, 5.74) is 2.22. The van der Waals surface area contributed by atoms with Gasteiger partial charge in [0.15, 0.2) is 0 Å². The molecule has 2 aromatic carbocycles. The zero-order valence-electron chi connectivity index (χ0n) is 13.8. The Morgan fingerprint density at radius 3 is 2.30 bits per heavy atom. The molecule has 1 N–H and O–H groups in total. The van der Waals surface area contributed by atoms with Crippen molar-refractivity contribution >= 4 is 27.5 Å². The standard InChI is InChI=1S/C17H17BrClNO.C2H6/c1-20-9-14(12-4-2-3-5-16(12)18)15(10-20)13-8-11(19)6-7-17(13)21;1-2/h2-8,14-15,21H,9-10H2,1H3;1-2H3. The Morgan fingerprint density at radius 1 is 1.04 bits per heavy atom. The number of benzene rings is 2. The molecule has 2 atom stereocenters. The maximum absolute atomic E-state index is 10.2. The minimum Gasteiger partial charge on any atom is -0.508 e. The molecule has 3 rings (SSSR count). The van der Waals surface area contributed by atoms with Gasteiger partial charge in [-0.1, -0.05) is 59.6 Å². The maximum Gasteiger partial charge on any atom is 0.119 e. The van der Waals surface area contributed by atoms with E-state index in [1.807, 2.05) is 26.0 Å². The first-order chi connectivity index (χ1) is 11.1. The minimum absolute atomic E-state index is 0.243. The summed E-state index contributed by atoms with van der Waals surface area (Å²) >= 11 is 9.77. The van der Waals surface area contributed by atoms with Crippen LogP contribution in [-0.4, -0.2) is 30.1 Å². The van der Waals surface area contributed by atoms with Crippen LogP contribution >= 0.6 is 27.5 Å². The van der Waals surface area contributed by atoms with Gasteiger partial charge in [0, 0.05) is 40.0 Å². The molecule has 2 nitrogen and oxygen atoms in total. The summed E-state index contributed by atoms with van der Waals surface area (Å²) < 4.78 is 1.12. The lowest BCUT2D eigenvalue weighted by molar-refractivity contribution is 0.405. The predicted octanol–water partition coefficient (Wildman–Crippen LogP) is 5.65. The van der Waals surface area contributed by atoms with Crippen LogP contribution in [0.1, 0.15) is 36.8 Å². The second-order valence-electron chi connectivity index (χ2n) is 5.66. The number of nitrogens with zero attached hydrogens (tertiary/aromatic N) is 1. The topological polar surface area (TPSA) is 23.5 Å². The van der Waals surface area contributed by atoms with Gasteiger partial charge >= 0.3 is 0 Å². The van der Waals surface area contributed by atoms with E-state index in [9.17, 15) is 5.11 Å². The van der Waals surface area contributed by atoms with Crippen molar-refractivity contribution in [2.24, 2.45) is 0 Å². The number of halogens is 2. The van der Waals surface area contributed by atoms with Gasteiger partial charge in [-0.3, -0.25) is 0 Å². The van der Waals surface area contributed by atoms with Crippen LogP contribution in [-0.2, 0) is 0 Å². The molecule has 0 amide bonds. The highest BCUT2D eigenvalue weighted by Crippen LogP contribution is 2.44. The summed E-state index contributed by atoms with van der Waals surface area (Å²) in [5, 5.41) is 10.9. The average molecular weight is 397 g/mol. The van der Waals surface area contributed by atoms with E-state index in [1.54, 1.807) is 12.1 Å². The lowest BCUT2D eigenvalue weighted by Gasteiger charge is -2.21. The number of phenolic OH excluding ortho intramolecular Hbond substituents is 1. The van der Waals surface area contributed by atoms with Gasteiger partial charge in [0.1, 0.15) is 5.75 Å². The number of likely N-dealkylation sites (N-methyl/N-ethyl adjacent to an activating group) is 1. The normalized spacial score (nSPS) is 20.9. The van der Waals surface area contributed by atoms with Crippen molar-refractivity contribution in [1.29, 1.82) is 0 Å². The number of rotatable bonds is 2. The molecule has 0 aliphatic carbocycles. The highest BCUT2D eigenvalue weighted by atomic mass is 79.9. The summed E-state index contributed by atoms with van der Waals surface area (Å²) in [6.45, 7) is 5.89. The van der Waals surface area contributed by atoms with Crippen LogP contribution in [0.3, 0.4) is 0 Å². The van der Waals surface area contributed by atoms with Crippen molar-refractivity contribution in [2.45, 2.75) is 25.7 Å². The smallest absolute Gasteiger partial charge is 0.119 e. The van der Waals surface area contributed by atoms with Gasteiger partial charge in [-0.25, -0.2) is 0 Å². The molecule has 2 aromatic rings. The van der Waals surface area contributed by atoms with Crippen molar-refractivity contribution in [1.82, 2.24) is 4.90 Å². The first-order valence-electron chi connectivity index (χ1n) is 7.97. The Balaban J connectivity index is 0.000000924. The third kappa shape index (κ3) is 4.09. The van der Waals surface area contributed by atoms with E-state index in [-0.39, 0.29) is 5.92 Å². The quantitative estimate of drug-likeness (QED) is 0.709. The van der Waals surface area contributed by atoms with Gasteiger partial charge in [-0.15, -0.1) is 0 Å². The zero-order valence-corrected chi connectivity index (χ0v) is 16.1. The van der Waals surface area contributed by atoms with Gasteiger partial charge in [0.2, 0.25) is 0 Å². The Kier molecular flexibility index (Phi) is 6.51. The molecular formula is C19H23BrClNO. The minimum atomic E-state index is 0.243. The van der Waals surface area contributed by atoms with Gasteiger partial charge in [0.25, 0.3) is 0 Å². The molecule has 0 spiro atoms. The van der Waals surface area contributed by atoms with Crippen molar-refractivity contribution in [2.75, 3.05) is 20.1 Å². The molecular weight excluding hydrogens is 374 g/mol. The number of aromatic hydroxyl groups is 1. The summed E-state index contributed by atoms with van der Waals surface area (Å²) in [4.78, 5) is 2.30. The molecule has 23 heavy (non-hydrogen) atoms. The largest absolute Gasteiger partial charge is 0.508 e. The molecule has 1 saturated heterocycles. The second-order valence-corrected chi connectivity index (χ2v) is 6.95. The van der Waals surface area contributed by atoms with Crippen LogP contribution < -0.4 is 0 Å². The van der Waals surface area contributed by atoms with Crippen molar-refractivity contribution in [3.8, 4) is 5.75 Å². The highest BCUT2D eigenvalue weighted by Gasteiger charge is 2.35. The molecule has 4 heteroatoms. The van der Waals surface area contributed by atoms with E-state index in [1.165, 1.54) is 5.56 Å². The Bertz CT molecular complexity index is 662. The first kappa shape index (κ1) is 18.3. The Hall–Kier alpha value is -1.03. The number of hydrogen-bond donors (Lipinski definition) is 1. The molecule has 1 fully saturated rings. The van der Waals surface area contributed by atoms with E-state index >= 15 is 0 Å². The van der Waals surface area contributed by atoms with Crippen LogP contribution in [0.2, 0.25) is 5.02 Å². The van der Waals surface area contributed by atoms with E-state index < -0.39 is 0 Å². The molecule has 0 saturated carbocycles. The third-order valence-corrected chi connectivity index (χ3v) is 5.15. The zero-order chi connectivity index (χ0) is 17.0. The fourth-order valence-electron chi connectivity index (χ4n) is 3.23. The molecule has 0 aromatic heterocycles. The average Bonchev–Trinajstić information content (AvgIpc) is 2.93. The molecule has 2 unspecified atom stereocenters. The first-order valence-corrected chi connectivity index (χ1v) is 9.14. The van der Waals surface area contributed by atoms with Gasteiger partial charge in [-0.05, 0) is 36.9 Å². The number of hydrogen-bond acceptors (Lipinski definition) is 2. The lowest BCUT2D eigenvalue weighted by Crippen LogP contribution is -2.13. The summed E-state index contributed by atoms with van der Waals surface area (Å²) in [6, 6.07) is 13.6. The lowest BCUT2D eigenvalue weighted by atomic mass is 9.84. The van der Waals surface area contributed by atoms with Gasteiger partial charge in [0.05, 0.1) is 0 Å². The number of phenols is 1. The summed E-state index contributed by atoms with van der Waals surface area (Å²) in [7, 11) is 2.12. The van der Waals surface area contributed by atoms with Crippen molar-refractivity contribution in [3.05, 3.63) is 63.1 Å². The van der Waals surface area contributed by atoms with Crippen LogP contribution in [0.15, 0.2) is 46.9 Å². The molecule has 0 bridgehead atoms. The SMILES string of the molecule is CC.CN1CC(c2cc(Cl)ccc2O)C(c2ccccc2Br)C1. The fourth-order valence-corrected chi connectivity index (χ4v) is 3.99. The predicted molar refractivity (Wildman–Crippen MR) is 102 cm³/mol. The molecule has 1 heterocycles. The van der Waals surface area contributed by atoms with Crippen LogP contribution in [0.5, 0.6) is 5.75 Å². The second kappa shape index (κ2) is 8.18. The van der Waals surface area contributed by atoms with Crippen molar-refractivity contribution in [3.63, 3.8) is 0 Å². The van der Waals surface area contributed by atoms with E-state index in [2.05, 4.69) is 46.1 Å². The monoisotopic (exact) mass is 395 g/mol. The molecule has 124 valence electrons. The highest BCUT2D eigenvalue weighted by molar-refractivity contribution is 9.10.